The summed E-state index contributed by atoms with van der Waals surface area (Å²) in [5, 5.41) is 0. The van der Waals surface area contributed by atoms with Crippen molar-refractivity contribution >= 4 is 0 Å². The highest BCUT2D eigenvalue weighted by Gasteiger charge is 2.15. The van der Waals surface area contributed by atoms with Crippen molar-refractivity contribution in [2.75, 3.05) is 69.3 Å². The van der Waals surface area contributed by atoms with E-state index in [-0.39, 0.29) is 14.9 Å². The highest BCUT2D eigenvalue weighted by Crippen LogP contribution is 2.20. The number of ether oxygens (including phenoxy) is 3. The molecule has 0 aromatic carbocycles. The van der Waals surface area contributed by atoms with Crippen molar-refractivity contribution in [3.8, 4) is 0 Å². The number of nitrogens with zero attached hydrogens (tertiary/aromatic N) is 3. The smallest absolute Gasteiger partial charge is 0.0988 e. The van der Waals surface area contributed by atoms with Crippen molar-refractivity contribution in [1.82, 2.24) is 14.7 Å². The lowest BCUT2D eigenvalue weighted by atomic mass is 10.2. The van der Waals surface area contributed by atoms with Crippen LogP contribution < -0.4 is 0 Å². The summed E-state index contributed by atoms with van der Waals surface area (Å²) in [6, 6.07) is 0.898. The maximum Gasteiger partial charge on any atom is 0.0988 e. The zero-order valence-electron chi connectivity index (χ0n) is 24.2. The summed E-state index contributed by atoms with van der Waals surface area (Å²) in [5.74, 6) is 0. The highest BCUT2D eigenvalue weighted by molar-refractivity contribution is 4.72. The number of hydrogen-bond donors (Lipinski definition) is 0. The van der Waals surface area contributed by atoms with Gasteiger partial charge < -0.3 is 24.0 Å². The van der Waals surface area contributed by atoms with E-state index in [1.54, 1.807) is 14.2 Å². The Morgan fingerprint density at radius 1 is 0.706 bits per heavy atom. The Balaban J connectivity index is -0.000000103. The quantitative estimate of drug-likeness (QED) is 0.392. The molecule has 6 heteroatoms. The zero-order chi connectivity index (χ0) is 25.5. The third kappa shape index (κ3) is 42.0. The molecule has 1 saturated heterocycles. The summed E-state index contributed by atoms with van der Waals surface area (Å²) in [4.78, 5) is 6.70. The molecule has 0 unspecified atom stereocenters. The summed E-state index contributed by atoms with van der Waals surface area (Å²) in [5.41, 5.74) is 0. The van der Waals surface area contributed by atoms with Gasteiger partial charge in [0.2, 0.25) is 0 Å². The molecule has 0 spiro atoms. The van der Waals surface area contributed by atoms with Crippen LogP contribution in [0.25, 0.3) is 0 Å². The first-order valence-electron chi connectivity index (χ1n) is 12.5. The Morgan fingerprint density at radius 2 is 1.06 bits per heavy atom. The highest BCUT2D eigenvalue weighted by atomic mass is 16.5. The van der Waals surface area contributed by atoms with E-state index < -0.39 is 0 Å². The third-order valence-electron chi connectivity index (χ3n) is 4.99. The van der Waals surface area contributed by atoms with Crippen molar-refractivity contribution in [3.05, 3.63) is 0 Å². The van der Waals surface area contributed by atoms with E-state index in [1.807, 2.05) is 60.5 Å². The van der Waals surface area contributed by atoms with Crippen LogP contribution in [0.2, 0.25) is 0 Å². The van der Waals surface area contributed by atoms with Gasteiger partial charge in [-0.2, -0.15) is 0 Å². The first-order chi connectivity index (χ1) is 14.9. The van der Waals surface area contributed by atoms with E-state index >= 15 is 0 Å². The van der Waals surface area contributed by atoms with Crippen LogP contribution in [0.15, 0.2) is 0 Å². The van der Waals surface area contributed by atoms with E-state index in [2.05, 4.69) is 30.9 Å². The minimum absolute atomic E-state index is 0. The summed E-state index contributed by atoms with van der Waals surface area (Å²) < 4.78 is 14.7. The summed E-state index contributed by atoms with van der Waals surface area (Å²) >= 11 is 0. The second kappa shape index (κ2) is 30.8. The molecular formula is C28H69N3O3. The Morgan fingerprint density at radius 3 is 1.18 bits per heavy atom. The largest absolute Gasteiger partial charge is 0.382 e. The Hall–Kier alpha value is -0.240. The van der Waals surface area contributed by atoms with Crippen molar-refractivity contribution in [2.24, 2.45) is 0 Å². The predicted octanol–water partition coefficient (Wildman–Crippen LogP) is 6.49. The van der Waals surface area contributed by atoms with Crippen LogP contribution in [0.4, 0.5) is 0 Å². The molecule has 1 aliphatic carbocycles. The SMILES string of the molecule is C.C.CC(C)OCN(C)C.CN(C)C1CCCC1.CN1CCCC1.COC(C)C.COC(C)C. The van der Waals surface area contributed by atoms with Crippen molar-refractivity contribution in [1.29, 1.82) is 0 Å². The molecular weight excluding hydrogens is 426 g/mol. The van der Waals surface area contributed by atoms with Gasteiger partial charge in [-0.25, -0.2) is 0 Å². The molecule has 1 heterocycles. The van der Waals surface area contributed by atoms with Gasteiger partial charge in [0.05, 0.1) is 25.0 Å². The maximum absolute atomic E-state index is 5.23. The number of hydrogen-bond acceptors (Lipinski definition) is 6. The molecule has 34 heavy (non-hydrogen) atoms. The predicted molar refractivity (Wildman–Crippen MR) is 155 cm³/mol. The number of likely N-dealkylation sites (tertiary alicyclic amines) is 1. The monoisotopic (exact) mass is 496 g/mol. The minimum Gasteiger partial charge on any atom is -0.382 e. The topological polar surface area (TPSA) is 37.4 Å². The Bertz CT molecular complexity index is 324. The summed E-state index contributed by atoms with van der Waals surface area (Å²) in [6.07, 6.45) is 9.68. The molecule has 0 atom stereocenters. The zero-order valence-corrected chi connectivity index (χ0v) is 24.2. The maximum atomic E-state index is 5.23. The van der Waals surface area contributed by atoms with Crippen molar-refractivity contribution < 1.29 is 14.2 Å². The fourth-order valence-electron chi connectivity index (χ4n) is 2.59. The lowest BCUT2D eigenvalue weighted by Gasteiger charge is -2.17. The third-order valence-corrected chi connectivity index (χ3v) is 4.99. The first kappa shape index (κ1) is 43.8. The van der Waals surface area contributed by atoms with Crippen LogP contribution in [-0.4, -0.2) is 108 Å². The van der Waals surface area contributed by atoms with Crippen LogP contribution in [0, 0.1) is 0 Å². The first-order valence-corrected chi connectivity index (χ1v) is 12.5. The van der Waals surface area contributed by atoms with E-state index in [9.17, 15) is 0 Å². The van der Waals surface area contributed by atoms with Crippen molar-refractivity contribution in [2.45, 2.75) is 119 Å². The molecule has 2 fully saturated rings. The van der Waals surface area contributed by atoms with Gasteiger partial charge in [-0.3, -0.25) is 4.90 Å². The van der Waals surface area contributed by atoms with Gasteiger partial charge in [0.1, 0.15) is 0 Å². The van der Waals surface area contributed by atoms with Gasteiger partial charge in [-0.15, -0.1) is 0 Å². The van der Waals surface area contributed by atoms with Crippen LogP contribution in [0.1, 0.15) is 94.9 Å². The van der Waals surface area contributed by atoms with Gasteiger partial charge in [0.25, 0.3) is 0 Å². The molecule has 1 saturated carbocycles. The second-order valence-corrected chi connectivity index (χ2v) is 9.91. The van der Waals surface area contributed by atoms with E-state index in [1.165, 1.54) is 51.6 Å². The van der Waals surface area contributed by atoms with Crippen molar-refractivity contribution in [3.63, 3.8) is 0 Å². The van der Waals surface area contributed by atoms with Crippen LogP contribution >= 0.6 is 0 Å². The average Bonchev–Trinajstić information content (AvgIpc) is 3.42. The van der Waals surface area contributed by atoms with Gasteiger partial charge >= 0.3 is 0 Å². The number of methoxy groups -OCH3 is 2. The molecule has 0 aromatic rings. The summed E-state index contributed by atoms with van der Waals surface area (Å²) in [7, 11) is 13.9. The average molecular weight is 496 g/mol. The fraction of sp³-hybridized carbons (Fsp3) is 1.00. The van der Waals surface area contributed by atoms with E-state index in [4.69, 9.17) is 14.2 Å². The molecule has 2 aliphatic rings. The molecule has 0 aromatic heterocycles. The van der Waals surface area contributed by atoms with E-state index in [0.29, 0.717) is 18.3 Å². The summed E-state index contributed by atoms with van der Waals surface area (Å²) in [6.45, 7) is 15.4. The molecule has 214 valence electrons. The molecule has 0 bridgehead atoms. The van der Waals surface area contributed by atoms with E-state index in [0.717, 1.165) is 12.8 Å². The molecule has 0 radical (unpaired) electrons. The Kier molecular flexibility index (Phi) is 39.7. The normalized spacial score (nSPS) is 15.4. The molecule has 0 amide bonds. The molecule has 6 nitrogen and oxygen atoms in total. The van der Waals surface area contributed by atoms with Gasteiger partial charge in [0, 0.05) is 20.3 Å². The lowest BCUT2D eigenvalue weighted by Crippen LogP contribution is -2.23. The standard InChI is InChI=1S/C7H15N.C6H15NO.C5H11N.2C4H10O.2CH4/c1-8(2)7-5-3-4-6-7;1-6(2)8-5-7(3)4;1-6-4-2-3-5-6;2*1-4(2)5-3;;/h7H,3-6H2,1-2H3;6H,5H2,1-4H3;2-5H2,1H3;2*4H,1-3H3;2*1H4. The minimum atomic E-state index is 0. The van der Waals surface area contributed by atoms with Gasteiger partial charge in [-0.1, -0.05) is 27.7 Å². The van der Waals surface area contributed by atoms with Crippen LogP contribution in [0.5, 0.6) is 0 Å². The molecule has 0 N–H and O–H groups in total. The number of rotatable bonds is 6. The molecule has 2 rings (SSSR count). The van der Waals surface area contributed by atoms with Gasteiger partial charge in [-0.05, 0) is 116 Å². The van der Waals surface area contributed by atoms with Gasteiger partial charge in [0.15, 0.2) is 0 Å². The fourth-order valence-corrected chi connectivity index (χ4v) is 2.59. The lowest BCUT2D eigenvalue weighted by molar-refractivity contribution is 0.0152. The van der Waals surface area contributed by atoms with Crippen LogP contribution in [0.3, 0.4) is 0 Å². The van der Waals surface area contributed by atoms with Crippen LogP contribution in [-0.2, 0) is 14.2 Å². The Labute approximate surface area is 217 Å². The second-order valence-electron chi connectivity index (χ2n) is 9.91. The molecule has 1 aliphatic heterocycles.